The van der Waals surface area contributed by atoms with Crippen LogP contribution in [0.25, 0.3) is 0 Å². The molecule has 0 unspecified atom stereocenters. The highest BCUT2D eigenvalue weighted by Gasteiger charge is 2.20. The van der Waals surface area contributed by atoms with Crippen molar-refractivity contribution in [2.75, 3.05) is 0 Å². The first-order valence-corrected chi connectivity index (χ1v) is 5.36. The lowest BCUT2D eigenvalue weighted by Crippen LogP contribution is -2.11. The Balaban J connectivity index is 2.11. The molecule has 0 N–H and O–H groups in total. The van der Waals surface area contributed by atoms with E-state index in [1.165, 1.54) is 37.1 Å². The highest BCUT2D eigenvalue weighted by Crippen LogP contribution is 2.35. The van der Waals surface area contributed by atoms with E-state index >= 15 is 0 Å². The van der Waals surface area contributed by atoms with E-state index in [9.17, 15) is 0 Å². The van der Waals surface area contributed by atoms with Gasteiger partial charge in [-0.25, -0.2) is 0 Å². The van der Waals surface area contributed by atoms with Crippen molar-refractivity contribution in [3.8, 4) is 0 Å². The van der Waals surface area contributed by atoms with Crippen molar-refractivity contribution in [1.82, 2.24) is 4.98 Å². The van der Waals surface area contributed by atoms with Crippen LogP contribution in [0.2, 0.25) is 0 Å². The minimum atomic E-state index is 0.775. The average Bonchev–Trinajstić information content (AvgIpc) is 2.02. The predicted octanol–water partition coefficient (Wildman–Crippen LogP) is 3.30. The molecule has 2 rings (SSSR count). The van der Waals surface area contributed by atoms with E-state index in [1.807, 2.05) is 0 Å². The van der Waals surface area contributed by atoms with Crippen molar-refractivity contribution < 1.29 is 0 Å². The van der Waals surface area contributed by atoms with Crippen LogP contribution >= 0.6 is 0 Å². The molecule has 0 amide bonds. The van der Waals surface area contributed by atoms with Crippen molar-refractivity contribution in [2.45, 2.75) is 44.9 Å². The van der Waals surface area contributed by atoms with Gasteiger partial charge in [-0.3, -0.25) is 4.98 Å². The molecule has 0 atom stereocenters. The summed E-state index contributed by atoms with van der Waals surface area (Å²) < 4.78 is 0. The number of nitrogens with zero attached hydrogens (tertiary/aromatic N) is 1. The number of aromatic nitrogens is 1. The standard InChI is InChI=1S/C12H17N/c1-2-5-11-8-4-9-12(13-11)10-6-3-7-10/h4,8-10H,2-3,5-7H2,1H3. The van der Waals surface area contributed by atoms with E-state index in [4.69, 9.17) is 0 Å². The molecule has 70 valence electrons. The summed E-state index contributed by atoms with van der Waals surface area (Å²) in [5.41, 5.74) is 2.60. The van der Waals surface area contributed by atoms with Gasteiger partial charge in [0, 0.05) is 17.3 Å². The SMILES string of the molecule is CCCc1cccc(C2CCC2)n1. The Kier molecular flexibility index (Phi) is 2.62. The molecule has 0 aromatic carbocycles. The van der Waals surface area contributed by atoms with Crippen LogP contribution in [0.4, 0.5) is 0 Å². The summed E-state index contributed by atoms with van der Waals surface area (Å²) in [6.07, 6.45) is 6.41. The number of pyridine rings is 1. The molecule has 1 aromatic rings. The minimum Gasteiger partial charge on any atom is -0.258 e. The molecule has 0 bridgehead atoms. The number of aryl methyl sites for hydroxylation is 1. The fourth-order valence-corrected chi connectivity index (χ4v) is 1.82. The van der Waals surface area contributed by atoms with Gasteiger partial charge in [-0.2, -0.15) is 0 Å². The van der Waals surface area contributed by atoms with Crippen LogP contribution in [0.1, 0.15) is 49.9 Å². The largest absolute Gasteiger partial charge is 0.258 e. The number of hydrogen-bond donors (Lipinski definition) is 0. The maximum absolute atomic E-state index is 4.68. The first-order valence-electron chi connectivity index (χ1n) is 5.36. The van der Waals surface area contributed by atoms with Gasteiger partial charge >= 0.3 is 0 Å². The molecule has 1 saturated carbocycles. The van der Waals surface area contributed by atoms with Crippen molar-refractivity contribution >= 4 is 0 Å². The third-order valence-electron chi connectivity index (χ3n) is 2.86. The molecule has 0 aliphatic heterocycles. The van der Waals surface area contributed by atoms with Crippen LogP contribution < -0.4 is 0 Å². The summed E-state index contributed by atoms with van der Waals surface area (Å²) in [5.74, 6) is 0.775. The van der Waals surface area contributed by atoms with Crippen LogP contribution in [0.3, 0.4) is 0 Å². The molecule has 0 spiro atoms. The van der Waals surface area contributed by atoms with Gasteiger partial charge in [-0.1, -0.05) is 25.8 Å². The lowest BCUT2D eigenvalue weighted by Gasteiger charge is -2.24. The zero-order valence-electron chi connectivity index (χ0n) is 8.29. The summed E-state index contributed by atoms with van der Waals surface area (Å²) in [7, 11) is 0. The molecule has 1 fully saturated rings. The molecular weight excluding hydrogens is 158 g/mol. The number of rotatable bonds is 3. The summed E-state index contributed by atoms with van der Waals surface area (Å²) in [4.78, 5) is 4.68. The van der Waals surface area contributed by atoms with Gasteiger partial charge in [0.2, 0.25) is 0 Å². The number of hydrogen-bond acceptors (Lipinski definition) is 1. The Morgan fingerprint density at radius 3 is 2.85 bits per heavy atom. The minimum absolute atomic E-state index is 0.775. The molecular formula is C12H17N. The molecule has 0 radical (unpaired) electrons. The summed E-state index contributed by atoms with van der Waals surface area (Å²) >= 11 is 0. The average molecular weight is 175 g/mol. The van der Waals surface area contributed by atoms with Crippen molar-refractivity contribution in [2.24, 2.45) is 0 Å². The summed E-state index contributed by atoms with van der Waals surface area (Å²) in [5, 5.41) is 0. The smallest absolute Gasteiger partial charge is 0.0437 e. The molecule has 0 saturated heterocycles. The van der Waals surface area contributed by atoms with Crippen LogP contribution in [0, 0.1) is 0 Å². The van der Waals surface area contributed by atoms with Gasteiger partial charge in [-0.15, -0.1) is 0 Å². The zero-order chi connectivity index (χ0) is 9.10. The van der Waals surface area contributed by atoms with Gasteiger partial charge in [-0.05, 0) is 31.4 Å². The molecule has 13 heavy (non-hydrogen) atoms. The maximum atomic E-state index is 4.68. The fourth-order valence-electron chi connectivity index (χ4n) is 1.82. The van der Waals surface area contributed by atoms with Gasteiger partial charge in [0.05, 0.1) is 0 Å². The van der Waals surface area contributed by atoms with Gasteiger partial charge in [0.25, 0.3) is 0 Å². The van der Waals surface area contributed by atoms with E-state index in [2.05, 4.69) is 30.1 Å². The van der Waals surface area contributed by atoms with Crippen LogP contribution in [0.5, 0.6) is 0 Å². The summed E-state index contributed by atoms with van der Waals surface area (Å²) in [6.45, 7) is 2.21. The zero-order valence-corrected chi connectivity index (χ0v) is 8.29. The second-order valence-corrected chi connectivity index (χ2v) is 3.93. The van der Waals surface area contributed by atoms with E-state index in [1.54, 1.807) is 0 Å². The van der Waals surface area contributed by atoms with E-state index in [-0.39, 0.29) is 0 Å². The Morgan fingerprint density at radius 2 is 2.23 bits per heavy atom. The van der Waals surface area contributed by atoms with Crippen LogP contribution in [-0.2, 0) is 6.42 Å². The Morgan fingerprint density at radius 1 is 1.38 bits per heavy atom. The molecule has 1 aliphatic carbocycles. The van der Waals surface area contributed by atoms with Gasteiger partial charge in [0.15, 0.2) is 0 Å². The molecule has 1 nitrogen and oxygen atoms in total. The van der Waals surface area contributed by atoms with Gasteiger partial charge in [0.1, 0.15) is 0 Å². The second-order valence-electron chi connectivity index (χ2n) is 3.93. The second kappa shape index (κ2) is 3.91. The fraction of sp³-hybridized carbons (Fsp3) is 0.583. The lowest BCUT2D eigenvalue weighted by molar-refractivity contribution is 0.410. The molecule has 1 heterocycles. The topological polar surface area (TPSA) is 12.9 Å². The Labute approximate surface area is 80.2 Å². The van der Waals surface area contributed by atoms with Crippen LogP contribution in [-0.4, -0.2) is 4.98 Å². The normalized spacial score (nSPS) is 17.0. The molecule has 1 heteroatoms. The third kappa shape index (κ3) is 1.90. The monoisotopic (exact) mass is 175 g/mol. The lowest BCUT2D eigenvalue weighted by atomic mass is 9.82. The van der Waals surface area contributed by atoms with E-state index in [0.717, 1.165) is 12.3 Å². The Hall–Kier alpha value is -0.850. The highest BCUT2D eigenvalue weighted by molar-refractivity contribution is 5.16. The quantitative estimate of drug-likeness (QED) is 0.687. The molecule has 1 aliphatic rings. The van der Waals surface area contributed by atoms with E-state index < -0.39 is 0 Å². The first-order chi connectivity index (χ1) is 6.40. The summed E-state index contributed by atoms with van der Waals surface area (Å²) in [6, 6.07) is 6.49. The van der Waals surface area contributed by atoms with Crippen LogP contribution in [0.15, 0.2) is 18.2 Å². The highest BCUT2D eigenvalue weighted by atomic mass is 14.7. The molecule has 1 aromatic heterocycles. The Bertz CT molecular complexity index is 276. The maximum Gasteiger partial charge on any atom is 0.0437 e. The third-order valence-corrected chi connectivity index (χ3v) is 2.86. The van der Waals surface area contributed by atoms with Crippen molar-refractivity contribution in [3.63, 3.8) is 0 Å². The van der Waals surface area contributed by atoms with E-state index in [0.29, 0.717) is 0 Å². The first kappa shape index (κ1) is 8.74. The van der Waals surface area contributed by atoms with Crippen molar-refractivity contribution in [3.05, 3.63) is 29.6 Å². The van der Waals surface area contributed by atoms with Gasteiger partial charge < -0.3 is 0 Å². The predicted molar refractivity (Wildman–Crippen MR) is 54.8 cm³/mol. The van der Waals surface area contributed by atoms with Crippen molar-refractivity contribution in [1.29, 1.82) is 0 Å².